The number of rotatable bonds is 6. The van der Waals surface area contributed by atoms with Gasteiger partial charge in [0.25, 0.3) is 0 Å². The van der Waals surface area contributed by atoms with Gasteiger partial charge in [-0.15, -0.1) is 0 Å². The van der Waals surface area contributed by atoms with E-state index in [9.17, 15) is 0 Å². The number of nitrogens with zero attached hydrogens (tertiary/aromatic N) is 2. The molecule has 0 saturated heterocycles. The summed E-state index contributed by atoms with van der Waals surface area (Å²) in [4.78, 5) is 4.62. The van der Waals surface area contributed by atoms with E-state index in [1.807, 2.05) is 72.9 Å². The summed E-state index contributed by atoms with van der Waals surface area (Å²) in [5.74, 6) is 2.26. The van der Waals surface area contributed by atoms with E-state index >= 15 is 0 Å². The highest BCUT2D eigenvalue weighted by Gasteiger charge is 2.06. The third kappa shape index (κ3) is 4.56. The third-order valence-electron chi connectivity index (χ3n) is 4.65. The van der Waals surface area contributed by atoms with Gasteiger partial charge in [0.2, 0.25) is 0 Å². The molecule has 0 aliphatic rings. The Labute approximate surface area is 181 Å². The highest BCUT2D eigenvalue weighted by Crippen LogP contribution is 2.26. The van der Waals surface area contributed by atoms with Gasteiger partial charge in [0.1, 0.15) is 17.2 Å². The van der Waals surface area contributed by atoms with Crippen LogP contribution < -0.4 is 9.47 Å². The molecule has 150 valence electrons. The van der Waals surface area contributed by atoms with Gasteiger partial charge in [0.05, 0.1) is 24.7 Å². The number of methoxy groups -OCH3 is 1. The molecule has 4 nitrogen and oxygen atoms in total. The molecule has 0 fully saturated rings. The number of aryl methyl sites for hydroxylation is 1. The molecule has 0 amide bonds. The second-order valence-corrected chi connectivity index (χ2v) is 7.18. The quantitative estimate of drug-likeness (QED) is 0.317. The fourth-order valence-electron chi connectivity index (χ4n) is 3.15. The third-order valence-corrected chi connectivity index (χ3v) is 4.89. The monoisotopic (exact) mass is 416 g/mol. The van der Waals surface area contributed by atoms with E-state index in [1.54, 1.807) is 13.2 Å². The molecule has 3 aromatic carbocycles. The van der Waals surface area contributed by atoms with Crippen LogP contribution in [-0.2, 0) is 0 Å². The fraction of sp³-hybridized carbons (Fsp3) is 0.0800. The van der Waals surface area contributed by atoms with E-state index in [4.69, 9.17) is 21.1 Å². The van der Waals surface area contributed by atoms with Crippen molar-refractivity contribution in [2.75, 3.05) is 7.11 Å². The lowest BCUT2D eigenvalue weighted by atomic mass is 10.3. The molecule has 1 heterocycles. The molecule has 0 aliphatic heterocycles. The van der Waals surface area contributed by atoms with E-state index in [-0.39, 0.29) is 0 Å². The highest BCUT2D eigenvalue weighted by atomic mass is 35.5. The van der Waals surface area contributed by atoms with Crippen molar-refractivity contribution in [3.63, 3.8) is 0 Å². The van der Waals surface area contributed by atoms with Crippen LogP contribution in [0.25, 0.3) is 5.69 Å². The molecule has 0 saturated carbocycles. The molecule has 0 unspecified atom stereocenters. The molecule has 0 aliphatic carbocycles. The van der Waals surface area contributed by atoms with Crippen molar-refractivity contribution in [2.45, 2.75) is 6.92 Å². The van der Waals surface area contributed by atoms with Gasteiger partial charge >= 0.3 is 0 Å². The van der Waals surface area contributed by atoms with Gasteiger partial charge in [-0.2, -0.15) is 0 Å². The summed E-state index contributed by atoms with van der Waals surface area (Å²) >= 11 is 6.00. The van der Waals surface area contributed by atoms with Gasteiger partial charge in [-0.1, -0.05) is 17.7 Å². The van der Waals surface area contributed by atoms with Crippen LogP contribution in [0.15, 0.2) is 89.9 Å². The first-order valence-corrected chi connectivity index (χ1v) is 9.90. The van der Waals surface area contributed by atoms with Crippen LogP contribution in [0.3, 0.4) is 0 Å². The van der Waals surface area contributed by atoms with E-state index in [1.165, 1.54) is 0 Å². The largest absolute Gasteiger partial charge is 0.497 e. The molecule has 1 aromatic heterocycles. The van der Waals surface area contributed by atoms with Gasteiger partial charge in [-0.3, -0.25) is 4.99 Å². The standard InChI is InChI=1S/C25H21ClN2O2/c1-18-6-9-22(28(18)21-10-14-23(29-2)15-11-21)17-27-20-7-12-24(13-8-20)30-25-5-3-4-19(26)16-25/h3-17H,1-2H3. The Morgan fingerprint density at radius 1 is 0.833 bits per heavy atom. The minimum Gasteiger partial charge on any atom is -0.497 e. The molecule has 4 rings (SSSR count). The van der Waals surface area contributed by atoms with Crippen molar-refractivity contribution in [3.05, 3.63) is 101 Å². The summed E-state index contributed by atoms with van der Waals surface area (Å²) < 4.78 is 13.2. The van der Waals surface area contributed by atoms with Crippen molar-refractivity contribution < 1.29 is 9.47 Å². The van der Waals surface area contributed by atoms with Crippen LogP contribution in [0, 0.1) is 6.92 Å². The SMILES string of the molecule is COc1ccc(-n2c(C)ccc2C=Nc2ccc(Oc3cccc(Cl)c3)cc2)cc1. The van der Waals surface area contributed by atoms with Crippen molar-refractivity contribution in [3.8, 4) is 22.9 Å². The van der Waals surface area contributed by atoms with E-state index in [2.05, 4.69) is 28.6 Å². The first-order chi connectivity index (χ1) is 14.6. The average Bonchev–Trinajstić information content (AvgIpc) is 3.13. The van der Waals surface area contributed by atoms with E-state index < -0.39 is 0 Å². The lowest BCUT2D eigenvalue weighted by Crippen LogP contribution is -2.01. The number of hydrogen-bond donors (Lipinski definition) is 0. The van der Waals surface area contributed by atoms with Crippen molar-refractivity contribution in [2.24, 2.45) is 4.99 Å². The molecule has 30 heavy (non-hydrogen) atoms. The van der Waals surface area contributed by atoms with Gasteiger partial charge in [0, 0.05) is 16.4 Å². The first-order valence-electron chi connectivity index (χ1n) is 9.53. The maximum Gasteiger partial charge on any atom is 0.128 e. The number of hydrogen-bond acceptors (Lipinski definition) is 3. The zero-order valence-electron chi connectivity index (χ0n) is 16.7. The molecule has 0 radical (unpaired) electrons. The number of aromatic nitrogens is 1. The summed E-state index contributed by atoms with van der Waals surface area (Å²) in [7, 11) is 1.67. The number of aliphatic imine (C=N–C) groups is 1. The number of benzene rings is 3. The minimum absolute atomic E-state index is 0.642. The van der Waals surface area contributed by atoms with Crippen LogP contribution in [0.4, 0.5) is 5.69 Å². The van der Waals surface area contributed by atoms with Crippen LogP contribution in [-0.4, -0.2) is 17.9 Å². The predicted octanol–water partition coefficient (Wildman–Crippen LogP) is 6.99. The Bertz CT molecular complexity index is 1160. The van der Waals surface area contributed by atoms with Gasteiger partial charge in [-0.05, 0) is 85.8 Å². The van der Waals surface area contributed by atoms with Crippen molar-refractivity contribution in [1.82, 2.24) is 4.57 Å². The van der Waals surface area contributed by atoms with Crippen molar-refractivity contribution >= 4 is 23.5 Å². The Hall–Kier alpha value is -3.50. The molecule has 5 heteroatoms. The molecule has 0 bridgehead atoms. The summed E-state index contributed by atoms with van der Waals surface area (Å²) in [5, 5.41) is 0.642. The maximum absolute atomic E-state index is 6.00. The average molecular weight is 417 g/mol. The first kappa shape index (κ1) is 19.8. The predicted molar refractivity (Wildman–Crippen MR) is 122 cm³/mol. The van der Waals surface area contributed by atoms with Crippen LogP contribution in [0.2, 0.25) is 5.02 Å². The lowest BCUT2D eigenvalue weighted by molar-refractivity contribution is 0.414. The van der Waals surface area contributed by atoms with Crippen LogP contribution in [0.5, 0.6) is 17.2 Å². The zero-order chi connectivity index (χ0) is 20.9. The number of ether oxygens (including phenoxy) is 2. The smallest absolute Gasteiger partial charge is 0.128 e. The summed E-state index contributed by atoms with van der Waals surface area (Å²) in [6, 6.07) is 27.0. The van der Waals surface area contributed by atoms with Crippen molar-refractivity contribution in [1.29, 1.82) is 0 Å². The Kier molecular flexibility index (Phi) is 5.87. The topological polar surface area (TPSA) is 35.8 Å². The van der Waals surface area contributed by atoms with E-state index in [0.29, 0.717) is 10.8 Å². The molecule has 0 atom stereocenters. The van der Waals surface area contributed by atoms with Crippen LogP contribution >= 0.6 is 11.6 Å². The summed E-state index contributed by atoms with van der Waals surface area (Å²) in [5.41, 5.74) is 4.03. The molecule has 0 N–H and O–H groups in total. The summed E-state index contributed by atoms with van der Waals surface area (Å²) in [6.07, 6.45) is 1.87. The lowest BCUT2D eigenvalue weighted by Gasteiger charge is -2.10. The van der Waals surface area contributed by atoms with Gasteiger partial charge in [0.15, 0.2) is 0 Å². The second-order valence-electron chi connectivity index (χ2n) is 6.74. The molecular formula is C25H21ClN2O2. The highest BCUT2D eigenvalue weighted by molar-refractivity contribution is 6.30. The minimum atomic E-state index is 0.642. The maximum atomic E-state index is 6.00. The van der Waals surface area contributed by atoms with Crippen LogP contribution in [0.1, 0.15) is 11.4 Å². The van der Waals surface area contributed by atoms with Gasteiger partial charge < -0.3 is 14.0 Å². The summed E-state index contributed by atoms with van der Waals surface area (Å²) in [6.45, 7) is 2.07. The molecular weight excluding hydrogens is 396 g/mol. The van der Waals surface area contributed by atoms with Gasteiger partial charge in [-0.25, -0.2) is 0 Å². The zero-order valence-corrected chi connectivity index (χ0v) is 17.5. The Morgan fingerprint density at radius 3 is 2.27 bits per heavy atom. The van der Waals surface area contributed by atoms with E-state index in [0.717, 1.165) is 34.3 Å². The fourth-order valence-corrected chi connectivity index (χ4v) is 3.33. The Morgan fingerprint density at radius 2 is 1.57 bits per heavy atom. The second kappa shape index (κ2) is 8.89. The molecule has 0 spiro atoms. The normalized spacial score (nSPS) is 11.0. The number of halogens is 1. The molecule has 4 aromatic rings. The Balaban J connectivity index is 1.51.